The lowest BCUT2D eigenvalue weighted by Gasteiger charge is -2.04. The number of hydrogen-bond donors (Lipinski definition) is 1. The van der Waals surface area contributed by atoms with E-state index < -0.39 is 4.92 Å². The molecule has 2 aromatic heterocycles. The molecule has 0 saturated heterocycles. The molecule has 2 aromatic rings. The summed E-state index contributed by atoms with van der Waals surface area (Å²) < 4.78 is 6.34. The molecule has 2 rings (SSSR count). The van der Waals surface area contributed by atoms with Gasteiger partial charge in [-0.15, -0.1) is 0 Å². The number of rotatable bonds is 5. The van der Waals surface area contributed by atoms with Crippen LogP contribution in [0, 0.1) is 30.9 Å². The van der Waals surface area contributed by atoms with Crippen LogP contribution in [0.2, 0.25) is 0 Å². The third-order valence-electron chi connectivity index (χ3n) is 2.98. The number of nitro groups is 1. The standard InChI is InChI=1S/C12H15N5O4/c1-7-10(17(19)20)6-16(14-7)5-4-11(18)13-12-8(2)15-21-9(12)3/h6H,4-5H2,1-3H3,(H,13,18). The highest BCUT2D eigenvalue weighted by atomic mass is 16.6. The first-order valence-corrected chi connectivity index (χ1v) is 6.29. The number of carbonyl (C=O) groups is 1. The first-order valence-electron chi connectivity index (χ1n) is 6.29. The minimum Gasteiger partial charge on any atom is -0.359 e. The Morgan fingerprint density at radius 2 is 2.14 bits per heavy atom. The SMILES string of the molecule is Cc1nn(CCC(=O)Nc2c(C)noc2C)cc1[N+](=O)[O-]. The highest BCUT2D eigenvalue weighted by Crippen LogP contribution is 2.19. The Labute approximate surface area is 120 Å². The molecule has 0 aliphatic carbocycles. The number of anilines is 1. The normalized spacial score (nSPS) is 10.6. The van der Waals surface area contributed by atoms with Crippen LogP contribution in [0.5, 0.6) is 0 Å². The summed E-state index contributed by atoms with van der Waals surface area (Å²) in [5.74, 6) is 0.298. The Balaban J connectivity index is 1.95. The van der Waals surface area contributed by atoms with Gasteiger partial charge in [0.15, 0.2) is 5.76 Å². The summed E-state index contributed by atoms with van der Waals surface area (Å²) in [6.07, 6.45) is 1.46. The van der Waals surface area contributed by atoms with Crippen LogP contribution >= 0.6 is 0 Å². The van der Waals surface area contributed by atoms with E-state index in [0.717, 1.165) is 0 Å². The molecule has 0 atom stereocenters. The minimum atomic E-state index is -0.497. The van der Waals surface area contributed by atoms with Crippen molar-refractivity contribution >= 4 is 17.3 Å². The molecule has 1 N–H and O–H groups in total. The summed E-state index contributed by atoms with van der Waals surface area (Å²) in [6.45, 7) is 5.24. The van der Waals surface area contributed by atoms with Crippen molar-refractivity contribution in [2.75, 3.05) is 5.32 Å². The lowest BCUT2D eigenvalue weighted by molar-refractivity contribution is -0.385. The average molecular weight is 293 g/mol. The maximum absolute atomic E-state index is 11.9. The zero-order valence-electron chi connectivity index (χ0n) is 11.9. The predicted molar refractivity (Wildman–Crippen MR) is 72.8 cm³/mol. The van der Waals surface area contributed by atoms with Crippen LogP contribution in [0.3, 0.4) is 0 Å². The average Bonchev–Trinajstić information content (AvgIpc) is 2.94. The maximum atomic E-state index is 11.9. The van der Waals surface area contributed by atoms with Gasteiger partial charge in [-0.2, -0.15) is 5.10 Å². The number of amides is 1. The molecule has 0 unspecified atom stereocenters. The fraction of sp³-hybridized carbons (Fsp3) is 0.417. The molecule has 0 saturated carbocycles. The number of aryl methyl sites for hydroxylation is 4. The van der Waals surface area contributed by atoms with Gasteiger partial charge in [-0.3, -0.25) is 19.6 Å². The topological polar surface area (TPSA) is 116 Å². The van der Waals surface area contributed by atoms with E-state index in [4.69, 9.17) is 4.52 Å². The van der Waals surface area contributed by atoms with E-state index in [-0.39, 0.29) is 24.6 Å². The van der Waals surface area contributed by atoms with Gasteiger partial charge in [0.05, 0.1) is 4.92 Å². The van der Waals surface area contributed by atoms with E-state index in [9.17, 15) is 14.9 Å². The molecule has 0 aliphatic rings. The Bertz CT molecular complexity index is 668. The molecule has 2 heterocycles. The van der Waals surface area contributed by atoms with Gasteiger partial charge in [-0.1, -0.05) is 5.16 Å². The van der Waals surface area contributed by atoms with Gasteiger partial charge in [-0.05, 0) is 20.8 Å². The van der Waals surface area contributed by atoms with Gasteiger partial charge in [0.1, 0.15) is 23.3 Å². The van der Waals surface area contributed by atoms with Crippen LogP contribution in [-0.4, -0.2) is 25.8 Å². The summed E-state index contributed by atoms with van der Waals surface area (Å²) in [4.78, 5) is 22.1. The van der Waals surface area contributed by atoms with Crippen LogP contribution in [0.1, 0.15) is 23.6 Å². The molecule has 0 aliphatic heterocycles. The molecular formula is C12H15N5O4. The molecule has 0 fully saturated rings. The van der Waals surface area contributed by atoms with E-state index in [1.807, 2.05) is 0 Å². The van der Waals surface area contributed by atoms with Gasteiger partial charge in [0, 0.05) is 13.0 Å². The van der Waals surface area contributed by atoms with Crippen molar-refractivity contribution < 1.29 is 14.2 Å². The number of nitrogens with one attached hydrogen (secondary N) is 1. The molecule has 0 spiro atoms. The highest BCUT2D eigenvalue weighted by Gasteiger charge is 2.16. The van der Waals surface area contributed by atoms with Crippen LogP contribution < -0.4 is 5.32 Å². The largest absolute Gasteiger partial charge is 0.359 e. The number of aromatic nitrogens is 3. The minimum absolute atomic E-state index is 0.0545. The van der Waals surface area contributed by atoms with Crippen molar-refractivity contribution in [2.45, 2.75) is 33.7 Å². The zero-order valence-corrected chi connectivity index (χ0v) is 11.9. The van der Waals surface area contributed by atoms with E-state index in [0.29, 0.717) is 22.8 Å². The molecule has 1 amide bonds. The number of nitrogens with zero attached hydrogens (tertiary/aromatic N) is 4. The van der Waals surface area contributed by atoms with Gasteiger partial charge in [0.2, 0.25) is 5.91 Å². The monoisotopic (exact) mass is 293 g/mol. The first-order chi connectivity index (χ1) is 9.88. The first kappa shape index (κ1) is 14.7. The molecule has 0 aromatic carbocycles. The van der Waals surface area contributed by atoms with Gasteiger partial charge in [-0.25, -0.2) is 0 Å². The van der Waals surface area contributed by atoms with Crippen LogP contribution in [0.4, 0.5) is 11.4 Å². The summed E-state index contributed by atoms with van der Waals surface area (Å²) in [5.41, 5.74) is 1.43. The number of carbonyl (C=O) groups excluding carboxylic acids is 1. The van der Waals surface area contributed by atoms with Gasteiger partial charge >= 0.3 is 5.69 Å². The van der Waals surface area contributed by atoms with Crippen LogP contribution in [0.25, 0.3) is 0 Å². The molecule has 112 valence electrons. The Morgan fingerprint density at radius 3 is 2.67 bits per heavy atom. The second kappa shape index (κ2) is 5.73. The van der Waals surface area contributed by atoms with Gasteiger partial charge < -0.3 is 9.84 Å². The van der Waals surface area contributed by atoms with Crippen LogP contribution in [-0.2, 0) is 11.3 Å². The summed E-state index contributed by atoms with van der Waals surface area (Å²) in [6, 6.07) is 0. The second-order valence-electron chi connectivity index (χ2n) is 4.62. The zero-order chi connectivity index (χ0) is 15.6. The molecule has 9 nitrogen and oxygen atoms in total. The van der Waals surface area contributed by atoms with Gasteiger partial charge in [0.25, 0.3) is 0 Å². The summed E-state index contributed by atoms with van der Waals surface area (Å²) in [7, 11) is 0. The van der Waals surface area contributed by atoms with Crippen molar-refractivity contribution in [1.82, 2.24) is 14.9 Å². The summed E-state index contributed by atoms with van der Waals surface area (Å²) in [5, 5.41) is 21.2. The Hall–Kier alpha value is -2.71. The van der Waals surface area contributed by atoms with E-state index in [1.165, 1.54) is 10.9 Å². The summed E-state index contributed by atoms with van der Waals surface area (Å²) >= 11 is 0. The van der Waals surface area contributed by atoms with Crippen molar-refractivity contribution in [3.8, 4) is 0 Å². The molecule has 9 heteroatoms. The van der Waals surface area contributed by atoms with E-state index in [1.54, 1.807) is 20.8 Å². The molecule has 0 radical (unpaired) electrons. The van der Waals surface area contributed by atoms with E-state index >= 15 is 0 Å². The molecule has 0 bridgehead atoms. The Morgan fingerprint density at radius 1 is 1.43 bits per heavy atom. The third kappa shape index (κ3) is 3.25. The predicted octanol–water partition coefficient (Wildman–Crippen LogP) is 1.73. The van der Waals surface area contributed by atoms with E-state index in [2.05, 4.69) is 15.6 Å². The van der Waals surface area contributed by atoms with Crippen LogP contribution in [0.15, 0.2) is 10.7 Å². The van der Waals surface area contributed by atoms with Crippen molar-refractivity contribution in [1.29, 1.82) is 0 Å². The third-order valence-corrected chi connectivity index (χ3v) is 2.98. The lowest BCUT2D eigenvalue weighted by Crippen LogP contribution is -2.15. The van der Waals surface area contributed by atoms with Crippen molar-refractivity contribution in [2.24, 2.45) is 0 Å². The molecular weight excluding hydrogens is 278 g/mol. The number of hydrogen-bond acceptors (Lipinski definition) is 6. The fourth-order valence-corrected chi connectivity index (χ4v) is 1.88. The highest BCUT2D eigenvalue weighted by molar-refractivity contribution is 5.91. The Kier molecular flexibility index (Phi) is 4.01. The second-order valence-corrected chi connectivity index (χ2v) is 4.62. The maximum Gasteiger partial charge on any atom is 0.309 e. The molecule has 21 heavy (non-hydrogen) atoms. The van der Waals surface area contributed by atoms with Crippen molar-refractivity contribution in [3.63, 3.8) is 0 Å². The smallest absolute Gasteiger partial charge is 0.309 e. The lowest BCUT2D eigenvalue weighted by atomic mass is 10.3. The quantitative estimate of drug-likeness (QED) is 0.663. The fourth-order valence-electron chi connectivity index (χ4n) is 1.88. The van der Waals surface area contributed by atoms with Crippen molar-refractivity contribution in [3.05, 3.63) is 33.5 Å².